The predicted octanol–water partition coefficient (Wildman–Crippen LogP) is 2.59. The van der Waals surface area contributed by atoms with Gasteiger partial charge in [-0.1, -0.05) is 11.2 Å². The molecule has 2 N–H and O–H groups in total. The maximum Gasteiger partial charge on any atom is 0.274 e. The number of carbonyl (C=O) groups is 1. The molecule has 0 aliphatic rings. The number of H-pyrrole nitrogens is 1. The van der Waals surface area contributed by atoms with E-state index in [1.54, 1.807) is 28.6 Å². The van der Waals surface area contributed by atoms with Gasteiger partial charge in [0.25, 0.3) is 11.8 Å². The molecule has 31 heavy (non-hydrogen) atoms. The number of nitrogens with zero attached hydrogens (tertiary/aromatic N) is 6. The van der Waals surface area contributed by atoms with E-state index in [2.05, 4.69) is 30.6 Å². The van der Waals surface area contributed by atoms with Crippen LogP contribution < -0.4 is 5.32 Å². The topological polar surface area (TPSA) is 119 Å². The molecule has 1 amide bonds. The summed E-state index contributed by atoms with van der Waals surface area (Å²) < 4.78 is 8.67. The van der Waals surface area contributed by atoms with Gasteiger partial charge in [-0.05, 0) is 37.3 Å². The van der Waals surface area contributed by atoms with Crippen LogP contribution in [-0.2, 0) is 20.6 Å². The number of rotatable bonds is 5. The second-order valence-corrected chi connectivity index (χ2v) is 7.30. The Balaban J connectivity index is 1.40. The third kappa shape index (κ3) is 3.48. The van der Waals surface area contributed by atoms with Gasteiger partial charge in [0.05, 0.1) is 17.9 Å². The normalized spacial score (nSPS) is 11.3. The van der Waals surface area contributed by atoms with Crippen LogP contribution in [0.25, 0.3) is 33.7 Å². The SMILES string of the molecule is Cc1noc(-c2cc3cc(-c4cc(C(=O)NCc5ccnn5C)nn4C)ccc3[nH]2)n1. The minimum atomic E-state index is -0.236. The van der Waals surface area contributed by atoms with Crippen molar-refractivity contribution in [2.24, 2.45) is 14.1 Å². The zero-order chi connectivity index (χ0) is 21.5. The van der Waals surface area contributed by atoms with E-state index in [9.17, 15) is 4.79 Å². The molecular weight excluding hydrogens is 396 g/mol. The largest absolute Gasteiger partial charge is 0.351 e. The maximum atomic E-state index is 12.6. The summed E-state index contributed by atoms with van der Waals surface area (Å²) in [6, 6.07) is 11.6. The van der Waals surface area contributed by atoms with Gasteiger partial charge in [0.15, 0.2) is 11.5 Å². The first-order valence-corrected chi connectivity index (χ1v) is 9.71. The molecule has 5 aromatic rings. The van der Waals surface area contributed by atoms with E-state index >= 15 is 0 Å². The quantitative estimate of drug-likeness (QED) is 0.454. The van der Waals surface area contributed by atoms with Crippen LogP contribution in [0.3, 0.4) is 0 Å². The standard InChI is InChI=1S/C21H20N8O2/c1-12-24-21(31-27-12)18-9-14-8-13(4-5-16(14)25-18)19-10-17(26-29(19)3)20(30)22-11-15-6-7-23-28(15)2/h4-10,25H,11H2,1-3H3,(H,22,30). The summed E-state index contributed by atoms with van der Waals surface area (Å²) in [5.41, 5.74) is 4.76. The van der Waals surface area contributed by atoms with E-state index in [0.29, 0.717) is 24.0 Å². The molecule has 156 valence electrons. The summed E-state index contributed by atoms with van der Waals surface area (Å²) >= 11 is 0. The Labute approximate surface area is 176 Å². The molecule has 0 fully saturated rings. The molecule has 0 bridgehead atoms. The molecule has 0 saturated carbocycles. The Kier molecular flexibility index (Phi) is 4.39. The van der Waals surface area contributed by atoms with Crippen molar-refractivity contribution in [2.45, 2.75) is 13.5 Å². The molecule has 0 aliphatic heterocycles. The molecule has 0 radical (unpaired) electrons. The van der Waals surface area contributed by atoms with E-state index in [0.717, 1.165) is 33.5 Å². The van der Waals surface area contributed by atoms with Gasteiger partial charge in [0.1, 0.15) is 5.69 Å². The molecule has 1 aromatic carbocycles. The van der Waals surface area contributed by atoms with E-state index in [-0.39, 0.29) is 5.91 Å². The fourth-order valence-corrected chi connectivity index (χ4v) is 3.50. The number of aryl methyl sites for hydroxylation is 3. The molecule has 0 spiro atoms. The van der Waals surface area contributed by atoms with Crippen LogP contribution in [0.15, 0.2) is 47.1 Å². The van der Waals surface area contributed by atoms with Crippen molar-refractivity contribution in [3.05, 3.63) is 59.8 Å². The maximum absolute atomic E-state index is 12.6. The Morgan fingerprint density at radius 1 is 1.16 bits per heavy atom. The Hall–Kier alpha value is -4.21. The van der Waals surface area contributed by atoms with Crippen molar-refractivity contribution in [3.63, 3.8) is 0 Å². The Morgan fingerprint density at radius 2 is 2.03 bits per heavy atom. The number of hydrogen-bond donors (Lipinski definition) is 2. The molecule has 0 atom stereocenters. The second-order valence-electron chi connectivity index (χ2n) is 7.30. The number of hydrogen-bond acceptors (Lipinski definition) is 6. The number of aromatic amines is 1. The van der Waals surface area contributed by atoms with Gasteiger partial charge >= 0.3 is 0 Å². The molecule has 0 saturated heterocycles. The van der Waals surface area contributed by atoms with Gasteiger partial charge in [0.2, 0.25) is 0 Å². The van der Waals surface area contributed by atoms with Crippen molar-refractivity contribution in [1.82, 2.24) is 40.0 Å². The number of fused-ring (bicyclic) bond motifs is 1. The van der Waals surface area contributed by atoms with E-state index in [1.165, 1.54) is 0 Å². The van der Waals surface area contributed by atoms with E-state index < -0.39 is 0 Å². The van der Waals surface area contributed by atoms with Gasteiger partial charge in [-0.3, -0.25) is 14.2 Å². The average molecular weight is 416 g/mol. The van der Waals surface area contributed by atoms with Gasteiger partial charge < -0.3 is 14.8 Å². The van der Waals surface area contributed by atoms with Crippen molar-refractivity contribution in [3.8, 4) is 22.8 Å². The molecule has 0 unspecified atom stereocenters. The van der Waals surface area contributed by atoms with Gasteiger partial charge in [0, 0.05) is 36.8 Å². The summed E-state index contributed by atoms with van der Waals surface area (Å²) in [5.74, 6) is 0.793. The van der Waals surface area contributed by atoms with Crippen LogP contribution in [0, 0.1) is 6.92 Å². The predicted molar refractivity (Wildman–Crippen MR) is 113 cm³/mol. The lowest BCUT2D eigenvalue weighted by Gasteiger charge is -2.03. The van der Waals surface area contributed by atoms with Crippen molar-refractivity contribution >= 4 is 16.8 Å². The molecule has 10 heteroatoms. The number of carbonyl (C=O) groups excluding carboxylic acids is 1. The summed E-state index contributed by atoms with van der Waals surface area (Å²) in [6.07, 6.45) is 1.70. The highest BCUT2D eigenvalue weighted by atomic mass is 16.5. The summed E-state index contributed by atoms with van der Waals surface area (Å²) in [6.45, 7) is 2.16. The first kappa shape index (κ1) is 18.8. The number of aromatic nitrogens is 7. The van der Waals surface area contributed by atoms with E-state index in [1.807, 2.05) is 44.4 Å². The smallest absolute Gasteiger partial charge is 0.274 e. The number of amides is 1. The third-order valence-corrected chi connectivity index (χ3v) is 5.14. The van der Waals surface area contributed by atoms with Crippen LogP contribution in [0.2, 0.25) is 0 Å². The lowest BCUT2D eigenvalue weighted by atomic mass is 10.1. The lowest BCUT2D eigenvalue weighted by Crippen LogP contribution is -2.24. The van der Waals surface area contributed by atoms with Crippen LogP contribution in [0.5, 0.6) is 0 Å². The van der Waals surface area contributed by atoms with Crippen LogP contribution in [0.4, 0.5) is 0 Å². The highest BCUT2D eigenvalue weighted by molar-refractivity contribution is 5.94. The minimum Gasteiger partial charge on any atom is -0.351 e. The van der Waals surface area contributed by atoms with Gasteiger partial charge in [-0.2, -0.15) is 15.2 Å². The average Bonchev–Trinajstić information content (AvgIpc) is 3.52. The number of benzene rings is 1. The summed E-state index contributed by atoms with van der Waals surface area (Å²) in [7, 11) is 3.66. The summed E-state index contributed by atoms with van der Waals surface area (Å²) in [4.78, 5) is 20.1. The van der Waals surface area contributed by atoms with Crippen molar-refractivity contribution in [1.29, 1.82) is 0 Å². The van der Waals surface area contributed by atoms with Crippen molar-refractivity contribution in [2.75, 3.05) is 0 Å². The third-order valence-electron chi connectivity index (χ3n) is 5.14. The zero-order valence-electron chi connectivity index (χ0n) is 17.2. The zero-order valence-corrected chi connectivity index (χ0v) is 17.2. The Bertz CT molecular complexity index is 1400. The number of nitrogens with one attached hydrogen (secondary N) is 2. The molecule has 5 rings (SSSR count). The first-order valence-electron chi connectivity index (χ1n) is 9.71. The highest BCUT2D eigenvalue weighted by Gasteiger charge is 2.16. The Morgan fingerprint density at radius 3 is 2.77 bits per heavy atom. The molecule has 4 heterocycles. The monoisotopic (exact) mass is 416 g/mol. The van der Waals surface area contributed by atoms with Crippen LogP contribution in [-0.4, -0.2) is 40.6 Å². The summed E-state index contributed by atoms with van der Waals surface area (Å²) in [5, 5.41) is 16.2. The van der Waals surface area contributed by atoms with E-state index in [4.69, 9.17) is 4.52 Å². The molecule has 0 aliphatic carbocycles. The first-order chi connectivity index (χ1) is 15.0. The molecular formula is C21H20N8O2. The van der Waals surface area contributed by atoms with Gasteiger partial charge in [-0.15, -0.1) is 0 Å². The van der Waals surface area contributed by atoms with Crippen molar-refractivity contribution < 1.29 is 9.32 Å². The molecule has 10 nitrogen and oxygen atoms in total. The lowest BCUT2D eigenvalue weighted by molar-refractivity contribution is 0.0944. The fraction of sp³-hybridized carbons (Fsp3) is 0.190. The van der Waals surface area contributed by atoms with Crippen LogP contribution >= 0.6 is 0 Å². The highest BCUT2D eigenvalue weighted by Crippen LogP contribution is 2.28. The van der Waals surface area contributed by atoms with Crippen LogP contribution in [0.1, 0.15) is 22.0 Å². The minimum absolute atomic E-state index is 0.236. The molecule has 4 aromatic heterocycles. The second kappa shape index (κ2) is 7.24. The van der Waals surface area contributed by atoms with Gasteiger partial charge in [-0.25, -0.2) is 0 Å². The fourth-order valence-electron chi connectivity index (χ4n) is 3.50.